The van der Waals surface area contributed by atoms with E-state index in [1.807, 2.05) is 4.31 Å². The van der Waals surface area contributed by atoms with Gasteiger partial charge in [0.25, 0.3) is 0 Å². The molecule has 3 fully saturated rings. The predicted octanol–water partition coefficient (Wildman–Crippen LogP) is 7.93. The summed E-state index contributed by atoms with van der Waals surface area (Å²) in [6, 6.07) is 10.4. The molecule has 2 saturated heterocycles. The first kappa shape index (κ1) is 31.1. The van der Waals surface area contributed by atoms with Gasteiger partial charge in [-0.3, -0.25) is 0 Å². The second kappa shape index (κ2) is 14.5. The minimum absolute atomic E-state index is 0.0614. The molecule has 230 valence electrons. The van der Waals surface area contributed by atoms with Gasteiger partial charge in [0, 0.05) is 49.5 Å². The highest BCUT2D eigenvalue weighted by Gasteiger charge is 2.36. The molecule has 3 aliphatic rings. The van der Waals surface area contributed by atoms with Crippen molar-refractivity contribution in [2.75, 3.05) is 31.6 Å². The van der Waals surface area contributed by atoms with Gasteiger partial charge in [0.05, 0.1) is 5.25 Å². The van der Waals surface area contributed by atoms with E-state index in [-0.39, 0.29) is 17.0 Å². The number of sulfonamides is 1. The third-order valence-electron chi connectivity index (χ3n) is 9.79. The quantitative estimate of drug-likeness (QED) is 0.303. The van der Waals surface area contributed by atoms with E-state index in [1.165, 1.54) is 44.0 Å². The molecule has 2 N–H and O–H groups in total. The van der Waals surface area contributed by atoms with Crippen LogP contribution in [0.1, 0.15) is 99.7 Å². The molecule has 0 radical (unpaired) electrons. The topological polar surface area (TPSA) is 82.5 Å². The number of ether oxygens (including phenoxy) is 1. The molecule has 2 aromatic carbocycles. The van der Waals surface area contributed by atoms with Crippen LogP contribution in [0.3, 0.4) is 0 Å². The van der Waals surface area contributed by atoms with Gasteiger partial charge in [0.15, 0.2) is 0 Å². The van der Waals surface area contributed by atoms with Crippen molar-refractivity contribution in [1.82, 2.24) is 4.31 Å². The summed E-state index contributed by atoms with van der Waals surface area (Å²) in [6.45, 7) is 4.39. The van der Waals surface area contributed by atoms with Gasteiger partial charge in [0.2, 0.25) is 10.0 Å². The fourth-order valence-corrected chi connectivity index (χ4v) is 9.22. The smallest absolute Gasteiger partial charge is 0.217 e. The van der Waals surface area contributed by atoms with Crippen molar-refractivity contribution in [1.29, 1.82) is 5.41 Å². The third-order valence-corrected chi connectivity index (χ3v) is 12.2. The van der Waals surface area contributed by atoms with E-state index in [0.29, 0.717) is 38.5 Å². The zero-order valence-electron chi connectivity index (χ0n) is 25.1. The molecule has 0 amide bonds. The first-order valence-electron chi connectivity index (χ1n) is 16.1. The van der Waals surface area contributed by atoms with Crippen molar-refractivity contribution in [3.63, 3.8) is 0 Å². The average molecular weight is 598 g/mol. The molecule has 0 spiro atoms. The molecule has 2 aromatic rings. The van der Waals surface area contributed by atoms with Crippen molar-refractivity contribution >= 4 is 27.6 Å². The summed E-state index contributed by atoms with van der Waals surface area (Å²) >= 11 is 0. The minimum Gasteiger partial charge on any atom is -0.381 e. The third kappa shape index (κ3) is 7.80. The fourth-order valence-electron chi connectivity index (χ4n) is 7.17. The molecular weight excluding hydrogens is 549 g/mol. The summed E-state index contributed by atoms with van der Waals surface area (Å²) in [5.41, 5.74) is 4.54. The number of nitrogens with zero attached hydrogens (tertiary/aromatic N) is 1. The average Bonchev–Trinajstić information content (AvgIpc) is 3.03. The molecule has 1 saturated carbocycles. The van der Waals surface area contributed by atoms with Crippen molar-refractivity contribution < 1.29 is 17.5 Å². The van der Waals surface area contributed by atoms with Gasteiger partial charge in [-0.2, -0.15) is 0 Å². The van der Waals surface area contributed by atoms with Crippen LogP contribution in [0, 0.1) is 30.0 Å². The Balaban J connectivity index is 1.45. The standard InChI is InChI=1S/C34H48FN3O3S/c1-25-19-34(37-31-13-11-30(35)12-14-31)28(23-36)22-33(25)29-21-27(20-26-8-6-9-26)7-2-4-16-38(24-29)42(39,40)32-10-3-5-17-41-18-15-32/h11-14,19,22-23,26-27,29,32,36-37H,2-10,15-18,20-21,24H2,1H3/t27?,29-,32?/m0/s1. The van der Waals surface area contributed by atoms with Gasteiger partial charge in [-0.05, 0) is 117 Å². The molecule has 0 aromatic heterocycles. The number of benzene rings is 2. The molecule has 2 unspecified atom stereocenters. The summed E-state index contributed by atoms with van der Waals surface area (Å²) in [5, 5.41) is 11.2. The summed E-state index contributed by atoms with van der Waals surface area (Å²) in [4.78, 5) is 0. The number of hydrogen-bond acceptors (Lipinski definition) is 5. The summed E-state index contributed by atoms with van der Waals surface area (Å²) < 4.78 is 49.3. The van der Waals surface area contributed by atoms with E-state index in [9.17, 15) is 12.8 Å². The van der Waals surface area contributed by atoms with Gasteiger partial charge in [0.1, 0.15) is 5.82 Å². The van der Waals surface area contributed by atoms with E-state index in [1.54, 1.807) is 12.1 Å². The first-order chi connectivity index (χ1) is 20.3. The molecule has 8 heteroatoms. The van der Waals surface area contributed by atoms with Crippen molar-refractivity contribution in [2.45, 2.75) is 95.1 Å². The highest BCUT2D eigenvalue weighted by Crippen LogP contribution is 2.41. The van der Waals surface area contributed by atoms with Crippen LogP contribution in [0.5, 0.6) is 0 Å². The largest absolute Gasteiger partial charge is 0.381 e. The van der Waals surface area contributed by atoms with Gasteiger partial charge < -0.3 is 15.5 Å². The maximum absolute atomic E-state index is 14.2. The molecule has 3 atom stereocenters. The Kier molecular flexibility index (Phi) is 10.7. The number of aryl methyl sites for hydroxylation is 1. The molecule has 6 nitrogen and oxygen atoms in total. The molecule has 5 rings (SSSR count). The van der Waals surface area contributed by atoms with E-state index >= 15 is 0 Å². The number of nitrogens with one attached hydrogen (secondary N) is 2. The molecule has 2 aliphatic heterocycles. The van der Waals surface area contributed by atoms with E-state index in [4.69, 9.17) is 10.1 Å². The van der Waals surface area contributed by atoms with Crippen LogP contribution in [-0.2, 0) is 14.8 Å². The van der Waals surface area contributed by atoms with Crippen LogP contribution >= 0.6 is 0 Å². The zero-order valence-corrected chi connectivity index (χ0v) is 25.9. The van der Waals surface area contributed by atoms with Gasteiger partial charge in [-0.25, -0.2) is 17.1 Å². The first-order valence-corrected chi connectivity index (χ1v) is 17.6. The molecular formula is C34H48FN3O3S. The lowest BCUT2D eigenvalue weighted by Crippen LogP contribution is -2.42. The Bertz CT molecular complexity index is 1290. The van der Waals surface area contributed by atoms with E-state index < -0.39 is 10.0 Å². The second-order valence-electron chi connectivity index (χ2n) is 12.8. The summed E-state index contributed by atoms with van der Waals surface area (Å²) in [7, 11) is -3.47. The van der Waals surface area contributed by atoms with Crippen molar-refractivity contribution in [3.8, 4) is 0 Å². The van der Waals surface area contributed by atoms with Gasteiger partial charge in [-0.1, -0.05) is 32.1 Å². The Morgan fingerprint density at radius 3 is 2.48 bits per heavy atom. The Labute approximate surface area is 252 Å². The number of anilines is 2. The Hall–Kier alpha value is -2.29. The van der Waals surface area contributed by atoms with E-state index in [0.717, 1.165) is 79.1 Å². The van der Waals surface area contributed by atoms with Crippen LogP contribution < -0.4 is 5.32 Å². The van der Waals surface area contributed by atoms with Crippen LogP contribution in [0.15, 0.2) is 36.4 Å². The van der Waals surface area contributed by atoms with Crippen LogP contribution in [0.4, 0.5) is 15.8 Å². The highest BCUT2D eigenvalue weighted by atomic mass is 32.2. The normalized spacial score (nSPS) is 25.2. The van der Waals surface area contributed by atoms with Crippen LogP contribution in [0.25, 0.3) is 0 Å². The van der Waals surface area contributed by atoms with Crippen molar-refractivity contribution in [3.05, 3.63) is 58.9 Å². The highest BCUT2D eigenvalue weighted by molar-refractivity contribution is 7.89. The maximum atomic E-state index is 14.2. The minimum atomic E-state index is -3.47. The van der Waals surface area contributed by atoms with Crippen LogP contribution in [-0.4, -0.2) is 50.5 Å². The molecule has 0 bridgehead atoms. The van der Waals surface area contributed by atoms with E-state index in [2.05, 4.69) is 24.4 Å². The lowest BCUT2D eigenvalue weighted by molar-refractivity contribution is 0.116. The number of rotatable bonds is 8. The number of hydrogen-bond donors (Lipinski definition) is 2. The SMILES string of the molecule is Cc1cc(Nc2ccc(F)cc2)c(C=N)cc1[C@H]1CC(CC2CCC2)CCCCN(S(=O)(=O)C2CCCCOCC2)C1. The predicted molar refractivity (Wildman–Crippen MR) is 169 cm³/mol. The van der Waals surface area contributed by atoms with Gasteiger partial charge >= 0.3 is 0 Å². The molecule has 1 aliphatic carbocycles. The fraction of sp³-hybridized carbons (Fsp3) is 0.618. The Morgan fingerprint density at radius 2 is 1.74 bits per heavy atom. The summed E-state index contributed by atoms with van der Waals surface area (Å²) in [5.74, 6) is 1.16. The second-order valence-corrected chi connectivity index (χ2v) is 15.0. The Morgan fingerprint density at radius 1 is 0.976 bits per heavy atom. The number of halogens is 1. The molecule has 2 heterocycles. The maximum Gasteiger partial charge on any atom is 0.217 e. The lowest BCUT2D eigenvalue weighted by Gasteiger charge is -2.34. The van der Waals surface area contributed by atoms with Crippen molar-refractivity contribution in [2.24, 2.45) is 11.8 Å². The monoisotopic (exact) mass is 597 g/mol. The zero-order chi connectivity index (χ0) is 29.5. The molecule has 42 heavy (non-hydrogen) atoms. The lowest BCUT2D eigenvalue weighted by atomic mass is 9.74. The van der Waals surface area contributed by atoms with Crippen LogP contribution in [0.2, 0.25) is 0 Å². The van der Waals surface area contributed by atoms with Gasteiger partial charge in [-0.15, -0.1) is 0 Å². The summed E-state index contributed by atoms with van der Waals surface area (Å²) in [6.07, 6.45) is 13.8.